The number of hydrogen-bond acceptors (Lipinski definition) is 2. The molecule has 1 N–H and O–H groups in total. The summed E-state index contributed by atoms with van der Waals surface area (Å²) in [7, 11) is 1.87. The van der Waals surface area contributed by atoms with Crippen LogP contribution >= 0.6 is 24.0 Å². The molecule has 0 aliphatic carbocycles. The van der Waals surface area contributed by atoms with E-state index in [1.807, 2.05) is 25.8 Å². The lowest BCUT2D eigenvalue weighted by Crippen LogP contribution is -2.45. The maximum Gasteiger partial charge on any atom is 0.193 e. The van der Waals surface area contributed by atoms with E-state index in [1.54, 1.807) is 0 Å². The molecule has 0 spiro atoms. The van der Waals surface area contributed by atoms with Crippen LogP contribution in [-0.4, -0.2) is 40.5 Å². The number of halogens is 1. The molecule has 1 aliphatic rings. The average molecular weight is 453 g/mol. The third kappa shape index (κ3) is 5.73. The number of rotatable bonds is 4. The summed E-state index contributed by atoms with van der Waals surface area (Å²) >= 11 is 0. The molecule has 1 aromatic heterocycles. The summed E-state index contributed by atoms with van der Waals surface area (Å²) in [4.78, 5) is 10.9. The number of imidazole rings is 1. The number of benzene rings is 1. The highest BCUT2D eigenvalue weighted by Gasteiger charge is 2.18. The van der Waals surface area contributed by atoms with E-state index < -0.39 is 0 Å². The zero-order valence-electron chi connectivity index (χ0n) is 15.1. The number of aromatic nitrogens is 2. The second-order valence-corrected chi connectivity index (χ2v) is 6.63. The van der Waals surface area contributed by atoms with Crippen molar-refractivity contribution in [3.8, 4) is 0 Å². The molecule has 0 atom stereocenters. The molecule has 0 saturated carbocycles. The van der Waals surface area contributed by atoms with E-state index in [9.17, 15) is 0 Å². The Morgan fingerprint density at radius 1 is 1.28 bits per heavy atom. The van der Waals surface area contributed by atoms with Crippen LogP contribution in [0, 0.1) is 5.92 Å². The normalized spacial score (nSPS) is 15.8. The van der Waals surface area contributed by atoms with Crippen molar-refractivity contribution in [2.24, 2.45) is 10.9 Å². The predicted octanol–water partition coefficient (Wildman–Crippen LogP) is 3.36. The number of aliphatic imine (C=N–C) groups is 1. The standard InChI is InChI=1S/C19H27N5.HI/c1-16-6-9-24(10-7-16)19(20-2)22-13-17-4-3-5-18(12-17)14-23-11-8-21-15-23;/h3-5,8,11-12,15-16H,6-7,9-10,13-14H2,1-2H3,(H,20,22);1H. The molecule has 6 heteroatoms. The molecule has 1 fully saturated rings. The highest BCUT2D eigenvalue weighted by atomic mass is 127. The van der Waals surface area contributed by atoms with Gasteiger partial charge in [-0.05, 0) is 29.9 Å². The topological polar surface area (TPSA) is 45.5 Å². The molecule has 0 radical (unpaired) electrons. The molecule has 0 amide bonds. The summed E-state index contributed by atoms with van der Waals surface area (Å²) in [5, 5.41) is 3.51. The van der Waals surface area contributed by atoms with Crippen molar-refractivity contribution in [1.82, 2.24) is 19.8 Å². The van der Waals surface area contributed by atoms with E-state index in [-0.39, 0.29) is 24.0 Å². The van der Waals surface area contributed by atoms with Gasteiger partial charge < -0.3 is 14.8 Å². The van der Waals surface area contributed by atoms with Crippen molar-refractivity contribution in [3.63, 3.8) is 0 Å². The lowest BCUT2D eigenvalue weighted by Gasteiger charge is -2.33. The fraction of sp³-hybridized carbons (Fsp3) is 0.474. The van der Waals surface area contributed by atoms with Gasteiger partial charge in [0.15, 0.2) is 5.96 Å². The van der Waals surface area contributed by atoms with Crippen molar-refractivity contribution >= 4 is 29.9 Å². The van der Waals surface area contributed by atoms with Crippen molar-refractivity contribution in [2.45, 2.75) is 32.9 Å². The first-order chi connectivity index (χ1) is 11.7. The van der Waals surface area contributed by atoms with Gasteiger partial charge in [0.1, 0.15) is 0 Å². The average Bonchev–Trinajstić information content (AvgIpc) is 3.10. The quantitative estimate of drug-likeness (QED) is 0.439. The number of hydrogen-bond donors (Lipinski definition) is 1. The third-order valence-electron chi connectivity index (χ3n) is 4.66. The van der Waals surface area contributed by atoms with Crippen LogP contribution in [0.5, 0.6) is 0 Å². The summed E-state index contributed by atoms with van der Waals surface area (Å²) in [5.41, 5.74) is 2.56. The molecule has 0 bridgehead atoms. The van der Waals surface area contributed by atoms with Crippen LogP contribution in [0.25, 0.3) is 0 Å². The zero-order valence-corrected chi connectivity index (χ0v) is 17.4. The van der Waals surface area contributed by atoms with Crippen LogP contribution in [0.1, 0.15) is 30.9 Å². The van der Waals surface area contributed by atoms with Gasteiger partial charge in [-0.25, -0.2) is 4.98 Å². The first-order valence-corrected chi connectivity index (χ1v) is 8.74. The summed E-state index contributed by atoms with van der Waals surface area (Å²) in [6.07, 6.45) is 8.16. The van der Waals surface area contributed by atoms with Crippen molar-refractivity contribution in [2.75, 3.05) is 20.1 Å². The number of piperidine rings is 1. The molecular formula is C19H28IN5. The molecule has 25 heavy (non-hydrogen) atoms. The van der Waals surface area contributed by atoms with Gasteiger partial charge in [0, 0.05) is 45.6 Å². The van der Waals surface area contributed by atoms with Gasteiger partial charge >= 0.3 is 0 Å². The Labute approximate surface area is 167 Å². The molecular weight excluding hydrogens is 425 g/mol. The minimum absolute atomic E-state index is 0. The van der Waals surface area contributed by atoms with E-state index >= 15 is 0 Å². The van der Waals surface area contributed by atoms with Gasteiger partial charge in [0.05, 0.1) is 6.33 Å². The van der Waals surface area contributed by atoms with Crippen LogP contribution in [-0.2, 0) is 13.1 Å². The SMILES string of the molecule is CN=C(NCc1cccc(Cn2ccnc2)c1)N1CCC(C)CC1.I. The van der Waals surface area contributed by atoms with Crippen LogP contribution in [0.15, 0.2) is 48.0 Å². The fourth-order valence-corrected chi connectivity index (χ4v) is 3.16. The van der Waals surface area contributed by atoms with E-state index in [0.29, 0.717) is 0 Å². The van der Waals surface area contributed by atoms with Crippen LogP contribution in [0.2, 0.25) is 0 Å². The summed E-state index contributed by atoms with van der Waals surface area (Å²) in [6.45, 7) is 6.19. The highest BCUT2D eigenvalue weighted by Crippen LogP contribution is 2.16. The summed E-state index contributed by atoms with van der Waals surface area (Å²) < 4.78 is 2.08. The number of nitrogens with zero attached hydrogens (tertiary/aromatic N) is 4. The van der Waals surface area contributed by atoms with Gasteiger partial charge in [-0.2, -0.15) is 0 Å². The van der Waals surface area contributed by atoms with E-state index in [0.717, 1.165) is 38.1 Å². The minimum atomic E-state index is 0. The zero-order chi connectivity index (χ0) is 16.8. The Hall–Kier alpha value is -1.57. The first-order valence-electron chi connectivity index (χ1n) is 8.74. The largest absolute Gasteiger partial charge is 0.352 e. The Bertz CT molecular complexity index is 660. The monoisotopic (exact) mass is 453 g/mol. The summed E-state index contributed by atoms with van der Waals surface area (Å²) in [6, 6.07) is 8.69. The number of likely N-dealkylation sites (tertiary alicyclic amines) is 1. The van der Waals surface area contributed by atoms with Crippen LogP contribution < -0.4 is 5.32 Å². The highest BCUT2D eigenvalue weighted by molar-refractivity contribution is 14.0. The molecule has 136 valence electrons. The predicted molar refractivity (Wildman–Crippen MR) is 113 cm³/mol. The van der Waals surface area contributed by atoms with Gasteiger partial charge in [-0.3, -0.25) is 4.99 Å². The van der Waals surface area contributed by atoms with E-state index in [2.05, 4.69) is 55.9 Å². The molecule has 1 aliphatic heterocycles. The maximum atomic E-state index is 4.45. The number of guanidine groups is 1. The molecule has 1 aromatic carbocycles. The van der Waals surface area contributed by atoms with E-state index in [4.69, 9.17) is 0 Å². The van der Waals surface area contributed by atoms with Crippen molar-refractivity contribution in [1.29, 1.82) is 0 Å². The molecule has 2 aromatic rings. The lowest BCUT2D eigenvalue weighted by atomic mass is 9.99. The lowest BCUT2D eigenvalue weighted by molar-refractivity contribution is 0.273. The van der Waals surface area contributed by atoms with Gasteiger partial charge in [-0.1, -0.05) is 31.2 Å². The molecule has 2 heterocycles. The second kappa shape index (κ2) is 9.79. The molecule has 1 saturated heterocycles. The minimum Gasteiger partial charge on any atom is -0.352 e. The maximum absolute atomic E-state index is 4.45. The third-order valence-corrected chi connectivity index (χ3v) is 4.66. The Morgan fingerprint density at radius 3 is 2.72 bits per heavy atom. The Kier molecular flexibility index (Phi) is 7.74. The van der Waals surface area contributed by atoms with Gasteiger partial charge in [-0.15, -0.1) is 24.0 Å². The fourth-order valence-electron chi connectivity index (χ4n) is 3.16. The first kappa shape index (κ1) is 19.8. The van der Waals surface area contributed by atoms with Crippen molar-refractivity contribution < 1.29 is 0 Å². The summed E-state index contributed by atoms with van der Waals surface area (Å²) in [5.74, 6) is 1.85. The Morgan fingerprint density at radius 2 is 2.04 bits per heavy atom. The molecule has 3 rings (SSSR count). The van der Waals surface area contributed by atoms with Crippen LogP contribution in [0.3, 0.4) is 0 Å². The second-order valence-electron chi connectivity index (χ2n) is 6.63. The van der Waals surface area contributed by atoms with Gasteiger partial charge in [0.25, 0.3) is 0 Å². The van der Waals surface area contributed by atoms with E-state index in [1.165, 1.54) is 24.0 Å². The molecule has 5 nitrogen and oxygen atoms in total. The van der Waals surface area contributed by atoms with Crippen molar-refractivity contribution in [3.05, 3.63) is 54.1 Å². The molecule has 0 unspecified atom stereocenters. The van der Waals surface area contributed by atoms with Crippen LogP contribution in [0.4, 0.5) is 0 Å². The number of nitrogens with one attached hydrogen (secondary N) is 1. The Balaban J connectivity index is 0.00000225. The van der Waals surface area contributed by atoms with Gasteiger partial charge in [0.2, 0.25) is 0 Å². The smallest absolute Gasteiger partial charge is 0.193 e.